The number of alkyl halides is 6. The molecule has 0 radical (unpaired) electrons. The van der Waals surface area contributed by atoms with E-state index < -0.39 is 35.7 Å². The molecule has 43 heavy (non-hydrogen) atoms. The second-order valence-electron chi connectivity index (χ2n) is 11.3. The van der Waals surface area contributed by atoms with E-state index >= 15 is 0 Å². The molecule has 0 unspecified atom stereocenters. The van der Waals surface area contributed by atoms with Crippen LogP contribution in [-0.2, 0) is 21.9 Å². The van der Waals surface area contributed by atoms with Crippen LogP contribution in [0.4, 0.5) is 31.1 Å². The second-order valence-corrected chi connectivity index (χ2v) is 11.3. The highest BCUT2D eigenvalue weighted by atomic mass is 19.4. The number of hydrogen-bond acceptors (Lipinski definition) is 3. The van der Waals surface area contributed by atoms with Crippen molar-refractivity contribution in [1.29, 1.82) is 0 Å². The van der Waals surface area contributed by atoms with Crippen molar-refractivity contribution < 1.29 is 40.7 Å². The van der Waals surface area contributed by atoms with Crippen LogP contribution in [0.15, 0.2) is 48.5 Å². The molecule has 4 rings (SSSR count). The maximum Gasteiger partial charge on any atom is 0.416 e. The van der Waals surface area contributed by atoms with Crippen LogP contribution in [0.5, 0.6) is 0 Å². The number of benzene rings is 2. The summed E-state index contributed by atoms with van der Waals surface area (Å²) in [5.41, 5.74) is -2.12. The van der Waals surface area contributed by atoms with Gasteiger partial charge >= 0.3 is 18.4 Å². The second kappa shape index (κ2) is 13.6. The number of nitrogens with one attached hydrogen (secondary N) is 2. The van der Waals surface area contributed by atoms with Crippen LogP contribution in [0, 0.1) is 5.92 Å². The predicted octanol–water partition coefficient (Wildman–Crippen LogP) is 7.06. The first kappa shape index (κ1) is 32.6. The van der Waals surface area contributed by atoms with E-state index in [1.807, 2.05) is 37.3 Å². The third-order valence-electron chi connectivity index (χ3n) is 8.30. The molecule has 2 aromatic carbocycles. The van der Waals surface area contributed by atoms with E-state index in [4.69, 9.17) is 4.74 Å². The van der Waals surface area contributed by atoms with Gasteiger partial charge in [0.2, 0.25) is 5.91 Å². The molecule has 2 aliphatic rings. The van der Waals surface area contributed by atoms with Crippen LogP contribution in [0.2, 0.25) is 0 Å². The minimum absolute atomic E-state index is 0.00185. The lowest BCUT2D eigenvalue weighted by atomic mass is 9.83. The van der Waals surface area contributed by atoms with Gasteiger partial charge < -0.3 is 20.3 Å². The van der Waals surface area contributed by atoms with Crippen LogP contribution in [0.3, 0.4) is 0 Å². The lowest BCUT2D eigenvalue weighted by molar-refractivity contribution is -0.143. The maximum absolute atomic E-state index is 13.5. The number of halogens is 6. The summed E-state index contributed by atoms with van der Waals surface area (Å²) in [6.45, 7) is 4.47. The Hall–Kier alpha value is -3.28. The molecule has 1 heterocycles. The summed E-state index contributed by atoms with van der Waals surface area (Å²) in [7, 11) is 0. The lowest BCUT2D eigenvalue weighted by Crippen LogP contribution is -2.49. The number of nitrogens with zero attached hydrogens (tertiary/aromatic N) is 1. The number of ether oxygens (including phenoxy) is 1. The molecular formula is C31H37F6N3O3. The largest absolute Gasteiger partial charge is 0.416 e. The Kier molecular flexibility index (Phi) is 10.3. The molecule has 2 N–H and O–H groups in total. The molecule has 1 saturated carbocycles. The highest BCUT2D eigenvalue weighted by Crippen LogP contribution is 2.40. The predicted molar refractivity (Wildman–Crippen MR) is 148 cm³/mol. The summed E-state index contributed by atoms with van der Waals surface area (Å²) >= 11 is 0. The Bertz CT molecular complexity index is 1210. The lowest BCUT2D eigenvalue weighted by Gasteiger charge is -2.41. The van der Waals surface area contributed by atoms with Gasteiger partial charge in [-0.15, -0.1) is 0 Å². The molecule has 236 valence electrons. The number of hydrogen-bond donors (Lipinski definition) is 2. The molecule has 12 heteroatoms. The van der Waals surface area contributed by atoms with E-state index in [1.54, 1.807) is 4.90 Å². The Labute approximate surface area is 247 Å². The molecule has 3 amide bonds. The van der Waals surface area contributed by atoms with Gasteiger partial charge in [-0.05, 0) is 75.3 Å². The molecule has 1 aliphatic carbocycles. The molecule has 3 atom stereocenters. The number of piperidine rings is 1. The summed E-state index contributed by atoms with van der Waals surface area (Å²) < 4.78 is 86.9. The summed E-state index contributed by atoms with van der Waals surface area (Å²) in [5, 5.41) is 5.64. The van der Waals surface area contributed by atoms with Crippen molar-refractivity contribution in [2.24, 2.45) is 5.92 Å². The Morgan fingerprint density at radius 3 is 2.09 bits per heavy atom. The van der Waals surface area contributed by atoms with Crippen molar-refractivity contribution in [1.82, 2.24) is 15.5 Å². The molecule has 2 aromatic rings. The minimum Gasteiger partial charge on any atom is -0.370 e. The zero-order valence-electron chi connectivity index (χ0n) is 24.1. The quantitative estimate of drug-likeness (QED) is 0.329. The molecule has 1 saturated heterocycles. The summed E-state index contributed by atoms with van der Waals surface area (Å²) in [5.74, 6) is -0.507. The van der Waals surface area contributed by atoms with Gasteiger partial charge in [-0.3, -0.25) is 4.79 Å². The van der Waals surface area contributed by atoms with Gasteiger partial charge in [-0.1, -0.05) is 30.3 Å². The molecule has 2 fully saturated rings. The van der Waals surface area contributed by atoms with Crippen molar-refractivity contribution in [2.75, 3.05) is 19.6 Å². The van der Waals surface area contributed by atoms with Gasteiger partial charge in [0.05, 0.1) is 23.3 Å². The van der Waals surface area contributed by atoms with Crippen LogP contribution < -0.4 is 10.6 Å². The summed E-state index contributed by atoms with van der Waals surface area (Å²) in [4.78, 5) is 27.2. The monoisotopic (exact) mass is 613 g/mol. The standard InChI is InChI=1S/C31H37F6N3O3/c1-3-38-29(42)39-25-11-9-21(10-12-25)28(41)40-14-13-27(26(18-40)20-7-5-4-6-8-20)43-19(2)22-15-23(30(32,33)34)17-24(16-22)31(35,36)37/h4-8,15-17,19,21,25-27H,3,9-14,18H2,1-2H3,(H2,38,39,42)/t19-,21?,25?,26+,27+/m1/s1. The van der Waals surface area contributed by atoms with E-state index in [9.17, 15) is 35.9 Å². The molecule has 0 bridgehead atoms. The Morgan fingerprint density at radius 2 is 1.53 bits per heavy atom. The number of amides is 3. The first-order valence-electron chi connectivity index (χ1n) is 14.6. The highest BCUT2D eigenvalue weighted by molar-refractivity contribution is 5.79. The van der Waals surface area contributed by atoms with Crippen LogP contribution in [-0.4, -0.2) is 48.6 Å². The average Bonchev–Trinajstić information content (AvgIpc) is 2.97. The SMILES string of the molecule is CCNC(=O)NC1CCC(C(=O)N2CC[C@H](O[C@H](C)c3cc(C(F)(F)F)cc(C(F)(F)F)c3)[C@H](c3ccccc3)C2)CC1. The Balaban J connectivity index is 1.48. The number of carbonyl (C=O) groups is 2. The summed E-state index contributed by atoms with van der Waals surface area (Å²) in [6, 6.07) is 10.6. The molecule has 0 aromatic heterocycles. The molecular weight excluding hydrogens is 576 g/mol. The van der Waals surface area contributed by atoms with Crippen molar-refractivity contribution in [2.45, 2.75) is 82.5 Å². The van der Waals surface area contributed by atoms with Gasteiger partial charge in [0.1, 0.15) is 0 Å². The Morgan fingerprint density at radius 1 is 0.930 bits per heavy atom. The van der Waals surface area contributed by atoms with Gasteiger partial charge in [-0.25, -0.2) is 4.79 Å². The summed E-state index contributed by atoms with van der Waals surface area (Å²) in [6.07, 6.45) is -8.50. The van der Waals surface area contributed by atoms with Gasteiger partial charge in [0.15, 0.2) is 0 Å². The number of urea groups is 1. The average molecular weight is 614 g/mol. The van der Waals surface area contributed by atoms with Crippen molar-refractivity contribution >= 4 is 11.9 Å². The minimum atomic E-state index is -4.95. The van der Waals surface area contributed by atoms with E-state index in [0.717, 1.165) is 5.56 Å². The van der Waals surface area contributed by atoms with Gasteiger partial charge in [-0.2, -0.15) is 26.3 Å². The van der Waals surface area contributed by atoms with Gasteiger partial charge in [0.25, 0.3) is 0 Å². The molecule has 1 aliphatic heterocycles. The van der Waals surface area contributed by atoms with Crippen molar-refractivity contribution in [3.8, 4) is 0 Å². The van der Waals surface area contributed by atoms with Crippen LogP contribution in [0.25, 0.3) is 0 Å². The topological polar surface area (TPSA) is 70.7 Å². The molecule has 6 nitrogen and oxygen atoms in total. The van der Waals surface area contributed by atoms with Crippen LogP contribution in [0.1, 0.15) is 80.2 Å². The third kappa shape index (κ3) is 8.43. The first-order valence-corrected chi connectivity index (χ1v) is 14.6. The van der Waals surface area contributed by atoms with E-state index in [2.05, 4.69) is 10.6 Å². The van der Waals surface area contributed by atoms with E-state index in [-0.39, 0.29) is 41.4 Å². The smallest absolute Gasteiger partial charge is 0.370 e. The number of rotatable bonds is 7. The fourth-order valence-electron chi connectivity index (χ4n) is 6.01. The number of likely N-dealkylation sites (tertiary alicyclic amines) is 1. The van der Waals surface area contributed by atoms with Gasteiger partial charge in [0, 0.05) is 37.5 Å². The number of carbonyl (C=O) groups excluding carboxylic acids is 2. The fourth-order valence-corrected chi connectivity index (χ4v) is 6.01. The maximum atomic E-state index is 13.5. The van der Waals surface area contributed by atoms with Crippen molar-refractivity contribution in [3.05, 3.63) is 70.8 Å². The van der Waals surface area contributed by atoms with Crippen LogP contribution >= 0.6 is 0 Å². The van der Waals surface area contributed by atoms with E-state index in [0.29, 0.717) is 63.9 Å². The molecule has 0 spiro atoms. The normalized spacial score (nSPS) is 23.9. The van der Waals surface area contributed by atoms with E-state index in [1.165, 1.54) is 6.92 Å². The highest BCUT2D eigenvalue weighted by Gasteiger charge is 2.40. The zero-order chi connectivity index (χ0) is 31.4. The fraction of sp³-hybridized carbons (Fsp3) is 0.548. The zero-order valence-corrected chi connectivity index (χ0v) is 24.1. The third-order valence-corrected chi connectivity index (χ3v) is 8.30. The first-order chi connectivity index (χ1) is 20.3. The van der Waals surface area contributed by atoms with Crippen molar-refractivity contribution in [3.63, 3.8) is 0 Å².